The van der Waals surface area contributed by atoms with Crippen molar-refractivity contribution in [2.24, 2.45) is 5.73 Å². The molecule has 0 bridgehead atoms. The van der Waals surface area contributed by atoms with Gasteiger partial charge in [-0.05, 0) is 26.0 Å². The first-order valence-electron chi connectivity index (χ1n) is 14.2. The van der Waals surface area contributed by atoms with Crippen molar-refractivity contribution in [2.45, 2.75) is 26.9 Å². The first kappa shape index (κ1) is 37.3. The highest BCUT2D eigenvalue weighted by molar-refractivity contribution is 5.79. The molecule has 0 aliphatic rings. The Morgan fingerprint density at radius 1 is 0.633 bits per heavy atom. The van der Waals surface area contributed by atoms with E-state index < -0.39 is 43.4 Å². The van der Waals surface area contributed by atoms with Crippen LogP contribution >= 0.6 is 0 Å². The van der Waals surface area contributed by atoms with E-state index in [4.69, 9.17) is 21.1 Å². The van der Waals surface area contributed by atoms with Gasteiger partial charge in [0.1, 0.15) is 0 Å². The number of nitrogens with zero attached hydrogens (tertiary/aromatic N) is 14. The van der Waals surface area contributed by atoms with Gasteiger partial charge in [0, 0.05) is 32.0 Å². The topological polar surface area (TPSA) is 328 Å². The largest absolute Gasteiger partial charge is 0.480 e. The molecule has 4 rings (SSSR count). The highest BCUT2D eigenvalue weighted by atomic mass is 16.4. The predicted molar refractivity (Wildman–Crippen MR) is 162 cm³/mol. The van der Waals surface area contributed by atoms with Crippen molar-refractivity contribution in [1.29, 1.82) is 0 Å². The summed E-state index contributed by atoms with van der Waals surface area (Å²) in [7, 11) is 0. The van der Waals surface area contributed by atoms with Gasteiger partial charge in [-0.2, -0.15) is 0 Å². The van der Waals surface area contributed by atoms with Gasteiger partial charge in [0.05, 0.1) is 44.1 Å². The Balaban J connectivity index is 0.000000357. The maximum absolute atomic E-state index is 12.4. The number of carboxylic acid groups (broad SMARTS) is 3. The third-order valence-corrected chi connectivity index (χ3v) is 5.84. The number of aromatic nitrogens is 12. The molecule has 0 fully saturated rings. The summed E-state index contributed by atoms with van der Waals surface area (Å²) < 4.78 is 0. The minimum Gasteiger partial charge on any atom is -0.480 e. The lowest BCUT2D eigenvalue weighted by atomic mass is 10.3. The van der Waals surface area contributed by atoms with Gasteiger partial charge >= 0.3 is 17.9 Å². The number of aliphatic carboxylic acids is 3. The molecule has 6 N–H and O–H groups in total. The summed E-state index contributed by atoms with van der Waals surface area (Å²) in [5.74, 6) is -2.31. The molecule has 4 aromatic rings. The molecule has 0 aliphatic carbocycles. The summed E-state index contributed by atoms with van der Waals surface area (Å²) in [6.45, 7) is 1.71. The van der Waals surface area contributed by atoms with Crippen LogP contribution in [0, 0.1) is 13.8 Å². The molecule has 4 aromatic heterocycles. The molecule has 0 radical (unpaired) electrons. The predicted octanol–water partition coefficient (Wildman–Crippen LogP) is -3.00. The van der Waals surface area contributed by atoms with Crippen molar-refractivity contribution in [2.75, 3.05) is 39.3 Å². The monoisotopic (exact) mass is 680 g/mol. The zero-order valence-electron chi connectivity index (χ0n) is 26.3. The fraction of sp³-hybridized carbons (Fsp3) is 0.385. The molecule has 0 saturated heterocycles. The Morgan fingerprint density at radius 2 is 1.04 bits per heavy atom. The molecule has 0 spiro atoms. The minimum absolute atomic E-state index is 0.00609. The molecule has 0 saturated carbocycles. The normalized spacial score (nSPS) is 10.7. The molecular formula is C26H32N16O7. The summed E-state index contributed by atoms with van der Waals surface area (Å²) in [4.78, 5) is 64.2. The zero-order chi connectivity index (χ0) is 35.8. The Labute approximate surface area is 277 Å². The van der Waals surface area contributed by atoms with E-state index in [2.05, 4.69) is 66.0 Å². The van der Waals surface area contributed by atoms with Crippen molar-refractivity contribution in [3.8, 4) is 23.3 Å². The van der Waals surface area contributed by atoms with Crippen LogP contribution < -0.4 is 11.1 Å². The molecule has 258 valence electrons. The van der Waals surface area contributed by atoms with E-state index in [1.807, 2.05) is 0 Å². The van der Waals surface area contributed by atoms with Crippen LogP contribution in [0.1, 0.15) is 23.0 Å². The van der Waals surface area contributed by atoms with Crippen LogP contribution in [0.3, 0.4) is 0 Å². The van der Waals surface area contributed by atoms with Crippen molar-refractivity contribution in [3.05, 3.63) is 47.6 Å². The van der Waals surface area contributed by atoms with Crippen LogP contribution in [0.2, 0.25) is 0 Å². The fourth-order valence-corrected chi connectivity index (χ4v) is 3.69. The van der Waals surface area contributed by atoms with Crippen LogP contribution in [0.5, 0.6) is 0 Å². The summed E-state index contributed by atoms with van der Waals surface area (Å²) >= 11 is 0. The van der Waals surface area contributed by atoms with Crippen LogP contribution in [-0.4, -0.2) is 149 Å². The number of amides is 1. The van der Waals surface area contributed by atoms with Crippen LogP contribution in [0.15, 0.2) is 24.5 Å². The van der Waals surface area contributed by atoms with E-state index in [0.717, 1.165) is 10.6 Å². The van der Waals surface area contributed by atoms with E-state index >= 15 is 0 Å². The molecule has 0 aliphatic heterocycles. The van der Waals surface area contributed by atoms with E-state index in [1.165, 1.54) is 11.1 Å². The van der Waals surface area contributed by atoms with Gasteiger partial charge in [0.2, 0.25) is 29.2 Å². The highest BCUT2D eigenvalue weighted by Crippen LogP contribution is 2.07. The third-order valence-electron chi connectivity index (χ3n) is 5.84. The van der Waals surface area contributed by atoms with Crippen LogP contribution in [-0.2, 0) is 32.3 Å². The van der Waals surface area contributed by atoms with Crippen LogP contribution in [0.25, 0.3) is 23.3 Å². The summed E-state index contributed by atoms with van der Waals surface area (Å²) in [6.07, 6.45) is 3.05. The number of carbonyl (C=O) groups excluding carboxylic acids is 1. The summed E-state index contributed by atoms with van der Waals surface area (Å²) in [5, 5.41) is 60.0. The van der Waals surface area contributed by atoms with Crippen molar-refractivity contribution in [1.82, 2.24) is 75.8 Å². The third kappa shape index (κ3) is 13.6. The van der Waals surface area contributed by atoms with E-state index in [-0.39, 0.29) is 37.8 Å². The maximum Gasteiger partial charge on any atom is 0.317 e. The smallest absolute Gasteiger partial charge is 0.317 e. The van der Waals surface area contributed by atoms with Gasteiger partial charge in [-0.3, -0.25) is 29.0 Å². The molecule has 23 nitrogen and oxygen atoms in total. The molecular weight excluding hydrogens is 648 g/mol. The number of carboxylic acids is 3. The lowest BCUT2D eigenvalue weighted by molar-refractivity contribution is -0.143. The number of nitrogens with two attached hydrogens (primary N) is 1. The average molecular weight is 681 g/mol. The Hall–Kier alpha value is -6.20. The lowest BCUT2D eigenvalue weighted by Crippen LogP contribution is -2.45. The first-order valence-corrected chi connectivity index (χ1v) is 14.2. The highest BCUT2D eigenvalue weighted by Gasteiger charge is 2.19. The summed E-state index contributed by atoms with van der Waals surface area (Å²) in [5.41, 5.74) is 6.62. The molecule has 0 aromatic carbocycles. The van der Waals surface area contributed by atoms with Gasteiger partial charge < -0.3 is 26.4 Å². The molecule has 23 heteroatoms. The van der Waals surface area contributed by atoms with Crippen molar-refractivity contribution < 1.29 is 34.5 Å². The molecule has 49 heavy (non-hydrogen) atoms. The second-order valence-corrected chi connectivity index (χ2v) is 9.87. The van der Waals surface area contributed by atoms with Crippen molar-refractivity contribution in [3.63, 3.8) is 0 Å². The Kier molecular flexibility index (Phi) is 14.3. The SMILES string of the molecule is Cc1nnc(-c2nccc(CN)n2)nn1.Cc1nnc(-c2nccc(CNC(=O)CN(CCN(CC(=O)O)CC(=O)O)CC(=O)O)n2)nn1. The quantitative estimate of drug-likeness (QED) is 0.0786. The van der Waals surface area contributed by atoms with Gasteiger partial charge in [-0.15, -0.1) is 40.8 Å². The molecule has 0 atom stereocenters. The fourth-order valence-electron chi connectivity index (χ4n) is 3.69. The van der Waals surface area contributed by atoms with Crippen molar-refractivity contribution >= 4 is 23.8 Å². The summed E-state index contributed by atoms with van der Waals surface area (Å²) in [6, 6.07) is 3.29. The second-order valence-electron chi connectivity index (χ2n) is 9.87. The van der Waals surface area contributed by atoms with Gasteiger partial charge in [0.15, 0.2) is 11.6 Å². The minimum atomic E-state index is -1.23. The number of nitrogens with one attached hydrogen (secondary N) is 1. The number of hydrogen-bond donors (Lipinski definition) is 5. The Bertz CT molecular complexity index is 1700. The second kappa shape index (κ2) is 18.8. The molecule has 1 amide bonds. The zero-order valence-corrected chi connectivity index (χ0v) is 26.3. The molecule has 4 heterocycles. The molecule has 0 unspecified atom stereocenters. The lowest BCUT2D eigenvalue weighted by Gasteiger charge is -2.24. The van der Waals surface area contributed by atoms with Gasteiger partial charge in [0.25, 0.3) is 0 Å². The number of aryl methyl sites for hydroxylation is 2. The average Bonchev–Trinajstić information content (AvgIpc) is 3.06. The van der Waals surface area contributed by atoms with E-state index in [1.54, 1.807) is 32.2 Å². The standard InChI is InChI=1S/C18H23N9O7.C8H9N7/c1-11-22-24-18(25-23-11)17-19-3-2-12(21-17)6-20-13(28)7-26(8-14(29)30)4-5-27(9-15(31)32)10-16(33)34;1-5-12-14-8(15-13-5)7-10-3-2-6(4-9)11-7/h2-3H,4-10H2,1H3,(H,20,28)(H,29,30)(H,31,32)(H,33,34);2-3H,4,9H2,1H3. The van der Waals surface area contributed by atoms with E-state index in [0.29, 0.717) is 35.5 Å². The first-order chi connectivity index (χ1) is 23.4. The van der Waals surface area contributed by atoms with Gasteiger partial charge in [-0.25, -0.2) is 19.9 Å². The maximum atomic E-state index is 12.4. The van der Waals surface area contributed by atoms with Crippen LogP contribution in [0.4, 0.5) is 0 Å². The van der Waals surface area contributed by atoms with Gasteiger partial charge in [-0.1, -0.05) is 0 Å². The Morgan fingerprint density at radius 3 is 1.47 bits per heavy atom. The van der Waals surface area contributed by atoms with E-state index in [9.17, 15) is 19.2 Å². The number of hydrogen-bond acceptors (Lipinski definition) is 19. The number of carbonyl (C=O) groups is 4. The number of rotatable bonds is 16.